The van der Waals surface area contributed by atoms with Crippen molar-refractivity contribution in [2.45, 2.75) is 6.42 Å². The lowest BCUT2D eigenvalue weighted by Crippen LogP contribution is -2.13. The Hall–Kier alpha value is -0.760. The molecule has 0 bridgehead atoms. The summed E-state index contributed by atoms with van der Waals surface area (Å²) in [6, 6.07) is 9.87. The molecule has 0 saturated heterocycles. The molecule has 1 aromatic rings. The molecule has 0 amide bonds. The maximum atomic E-state index is 11.3. The third kappa shape index (κ3) is 2.70. The van der Waals surface area contributed by atoms with E-state index in [9.17, 15) is 4.79 Å². The normalized spacial score (nSPS) is 10.2. The van der Waals surface area contributed by atoms with Crippen LogP contribution in [0.2, 0.25) is 0 Å². The largest absolute Gasteiger partial charge is 0.334 e. The molecular formula is C10H13OS+. The van der Waals surface area contributed by atoms with Crippen molar-refractivity contribution in [1.29, 1.82) is 0 Å². The van der Waals surface area contributed by atoms with Crippen LogP contribution in [0.15, 0.2) is 30.3 Å². The maximum Gasteiger partial charge on any atom is 0.334 e. The van der Waals surface area contributed by atoms with Crippen LogP contribution in [0.5, 0.6) is 0 Å². The minimum Gasteiger partial charge on any atom is -0.237 e. The number of hydrogen-bond donors (Lipinski definition) is 0. The van der Waals surface area contributed by atoms with Crippen molar-refractivity contribution >= 4 is 16.0 Å². The molecule has 0 unspecified atom stereocenters. The molecule has 0 aliphatic carbocycles. The van der Waals surface area contributed by atoms with Crippen molar-refractivity contribution in [3.05, 3.63) is 35.9 Å². The van der Waals surface area contributed by atoms with Crippen molar-refractivity contribution in [3.63, 3.8) is 0 Å². The van der Waals surface area contributed by atoms with Crippen LogP contribution in [0, 0.1) is 0 Å². The second-order valence-electron chi connectivity index (χ2n) is 2.85. The summed E-state index contributed by atoms with van der Waals surface area (Å²) in [6.07, 6.45) is 4.51. The Kier molecular flexibility index (Phi) is 3.35. The monoisotopic (exact) mass is 181 g/mol. The molecule has 0 heterocycles. The number of hydrogen-bond acceptors (Lipinski definition) is 1. The quantitative estimate of drug-likeness (QED) is 0.634. The molecule has 2 heteroatoms. The van der Waals surface area contributed by atoms with E-state index in [0.717, 1.165) is 5.56 Å². The Bertz CT molecular complexity index is 254. The summed E-state index contributed by atoms with van der Waals surface area (Å²) >= 11 is 0. The van der Waals surface area contributed by atoms with Crippen molar-refractivity contribution in [3.8, 4) is 0 Å². The van der Waals surface area contributed by atoms with Gasteiger partial charge in [-0.1, -0.05) is 30.3 Å². The van der Waals surface area contributed by atoms with E-state index in [2.05, 4.69) is 0 Å². The zero-order valence-corrected chi connectivity index (χ0v) is 8.23. The van der Waals surface area contributed by atoms with E-state index < -0.39 is 0 Å². The van der Waals surface area contributed by atoms with E-state index in [-0.39, 0.29) is 10.9 Å². The maximum absolute atomic E-state index is 11.3. The summed E-state index contributed by atoms with van der Waals surface area (Å²) in [6.45, 7) is 0. The summed E-state index contributed by atoms with van der Waals surface area (Å²) in [5.41, 5.74) is 1.11. The first-order valence-electron chi connectivity index (χ1n) is 3.84. The van der Waals surface area contributed by atoms with E-state index in [1.165, 1.54) is 0 Å². The number of benzene rings is 1. The predicted molar refractivity (Wildman–Crippen MR) is 54.4 cm³/mol. The fourth-order valence-corrected chi connectivity index (χ4v) is 1.36. The van der Waals surface area contributed by atoms with Crippen LogP contribution in [-0.2, 0) is 22.1 Å². The first-order chi connectivity index (χ1) is 5.70. The van der Waals surface area contributed by atoms with Gasteiger partial charge in [0.2, 0.25) is 0 Å². The Morgan fingerprint density at radius 1 is 1.25 bits per heavy atom. The SMILES string of the molecule is C[S+](C)C(=O)Cc1ccccc1. The second-order valence-corrected chi connectivity index (χ2v) is 4.94. The van der Waals surface area contributed by atoms with Gasteiger partial charge in [0, 0.05) is 0 Å². The number of carbonyl (C=O) groups is 1. The van der Waals surface area contributed by atoms with Gasteiger partial charge in [-0.3, -0.25) is 0 Å². The smallest absolute Gasteiger partial charge is 0.237 e. The highest BCUT2D eigenvalue weighted by Gasteiger charge is 2.16. The Balaban J connectivity index is 2.59. The van der Waals surface area contributed by atoms with Crippen LogP contribution in [0.3, 0.4) is 0 Å². The third-order valence-corrected chi connectivity index (χ3v) is 2.70. The van der Waals surface area contributed by atoms with Gasteiger partial charge in [-0.15, -0.1) is 0 Å². The van der Waals surface area contributed by atoms with Crippen LogP contribution in [0.1, 0.15) is 5.56 Å². The molecule has 0 aromatic heterocycles. The van der Waals surface area contributed by atoms with Gasteiger partial charge in [-0.25, -0.2) is 4.79 Å². The molecule has 0 fully saturated rings. The van der Waals surface area contributed by atoms with Crippen LogP contribution < -0.4 is 0 Å². The van der Waals surface area contributed by atoms with E-state index >= 15 is 0 Å². The van der Waals surface area contributed by atoms with Gasteiger partial charge in [-0.2, -0.15) is 0 Å². The summed E-state index contributed by atoms with van der Waals surface area (Å²) in [7, 11) is -0.0997. The topological polar surface area (TPSA) is 17.1 Å². The molecular weight excluding hydrogens is 168 g/mol. The summed E-state index contributed by atoms with van der Waals surface area (Å²) in [5, 5.41) is 0.334. The predicted octanol–water partition coefficient (Wildman–Crippen LogP) is 1.63. The third-order valence-electron chi connectivity index (χ3n) is 1.65. The highest BCUT2D eigenvalue weighted by Crippen LogP contribution is 2.02. The molecule has 64 valence electrons. The van der Waals surface area contributed by atoms with Crippen molar-refractivity contribution in [1.82, 2.24) is 0 Å². The van der Waals surface area contributed by atoms with Crippen molar-refractivity contribution < 1.29 is 4.79 Å². The standard InChI is InChI=1S/C10H13OS/c1-12(2)10(11)8-9-6-4-3-5-7-9/h3-7H,8H2,1-2H3/q+1. The minimum absolute atomic E-state index is 0.0997. The highest BCUT2D eigenvalue weighted by atomic mass is 32.2. The lowest BCUT2D eigenvalue weighted by Gasteiger charge is -1.96. The molecule has 1 rings (SSSR count). The number of rotatable bonds is 2. The highest BCUT2D eigenvalue weighted by molar-refractivity contribution is 8.09. The minimum atomic E-state index is -0.0997. The van der Waals surface area contributed by atoms with Gasteiger partial charge in [0.1, 0.15) is 12.5 Å². The average Bonchev–Trinajstić information content (AvgIpc) is 2.06. The van der Waals surface area contributed by atoms with E-state index in [4.69, 9.17) is 0 Å². The lowest BCUT2D eigenvalue weighted by atomic mass is 10.2. The van der Waals surface area contributed by atoms with E-state index in [1.807, 2.05) is 42.8 Å². The Morgan fingerprint density at radius 2 is 1.83 bits per heavy atom. The first kappa shape index (κ1) is 9.33. The Labute approximate surface area is 76.1 Å². The van der Waals surface area contributed by atoms with Gasteiger partial charge < -0.3 is 0 Å². The summed E-state index contributed by atoms with van der Waals surface area (Å²) < 4.78 is 0. The molecule has 0 atom stereocenters. The van der Waals surface area contributed by atoms with Crippen LogP contribution in [0.25, 0.3) is 0 Å². The van der Waals surface area contributed by atoms with Crippen molar-refractivity contribution in [2.75, 3.05) is 12.5 Å². The molecule has 0 aliphatic rings. The molecule has 0 spiro atoms. The zero-order valence-electron chi connectivity index (χ0n) is 7.41. The molecule has 12 heavy (non-hydrogen) atoms. The zero-order chi connectivity index (χ0) is 8.97. The van der Waals surface area contributed by atoms with Crippen molar-refractivity contribution in [2.24, 2.45) is 0 Å². The lowest BCUT2D eigenvalue weighted by molar-refractivity contribution is -0.110. The van der Waals surface area contributed by atoms with Crippen LogP contribution in [0.4, 0.5) is 0 Å². The molecule has 0 N–H and O–H groups in total. The van der Waals surface area contributed by atoms with Gasteiger partial charge in [0.15, 0.2) is 0 Å². The van der Waals surface area contributed by atoms with Gasteiger partial charge in [0.05, 0.1) is 17.3 Å². The Morgan fingerprint density at radius 3 is 2.33 bits per heavy atom. The molecule has 1 nitrogen and oxygen atoms in total. The van der Waals surface area contributed by atoms with Gasteiger partial charge in [-0.05, 0) is 5.56 Å². The second kappa shape index (κ2) is 4.31. The fourth-order valence-electron chi connectivity index (χ4n) is 0.907. The van der Waals surface area contributed by atoms with Gasteiger partial charge >= 0.3 is 5.12 Å². The molecule has 0 radical (unpaired) electrons. The molecule has 1 aromatic carbocycles. The number of carbonyl (C=O) groups excluding carboxylic acids is 1. The van der Waals surface area contributed by atoms with E-state index in [0.29, 0.717) is 11.5 Å². The first-order valence-corrected chi connectivity index (χ1v) is 5.88. The molecule has 0 saturated carbocycles. The fraction of sp³-hybridized carbons (Fsp3) is 0.300. The van der Waals surface area contributed by atoms with E-state index in [1.54, 1.807) is 0 Å². The van der Waals surface area contributed by atoms with Crippen LogP contribution >= 0.6 is 0 Å². The van der Waals surface area contributed by atoms with Crippen LogP contribution in [-0.4, -0.2) is 17.6 Å². The summed E-state index contributed by atoms with van der Waals surface area (Å²) in [5.74, 6) is 0. The average molecular weight is 181 g/mol. The molecule has 0 aliphatic heterocycles. The van der Waals surface area contributed by atoms with Gasteiger partial charge in [0.25, 0.3) is 0 Å². The summed E-state index contributed by atoms with van der Waals surface area (Å²) in [4.78, 5) is 11.3.